The van der Waals surface area contributed by atoms with Crippen LogP contribution in [-0.2, 0) is 6.18 Å². The van der Waals surface area contributed by atoms with E-state index in [0.29, 0.717) is 12.0 Å². The first kappa shape index (κ1) is 15.3. The van der Waals surface area contributed by atoms with Crippen molar-refractivity contribution in [1.29, 1.82) is 0 Å². The summed E-state index contributed by atoms with van der Waals surface area (Å²) in [5, 5.41) is 5.58. The highest BCUT2D eigenvalue weighted by Gasteiger charge is 2.30. The van der Waals surface area contributed by atoms with Crippen LogP contribution < -0.4 is 10.6 Å². The van der Waals surface area contributed by atoms with Gasteiger partial charge in [0.25, 0.3) is 5.91 Å². The second-order valence-corrected chi connectivity index (χ2v) is 5.21. The van der Waals surface area contributed by atoms with Crippen molar-refractivity contribution >= 4 is 17.5 Å². The molecule has 0 saturated heterocycles. The van der Waals surface area contributed by atoms with Crippen molar-refractivity contribution in [1.82, 2.24) is 9.97 Å². The fourth-order valence-electron chi connectivity index (χ4n) is 1.90. The highest BCUT2D eigenvalue weighted by atomic mass is 19.4. The monoisotopic (exact) mass is 322 g/mol. The van der Waals surface area contributed by atoms with E-state index in [0.717, 1.165) is 25.0 Å². The van der Waals surface area contributed by atoms with Gasteiger partial charge in [-0.05, 0) is 43.2 Å². The predicted molar refractivity (Wildman–Crippen MR) is 78.1 cm³/mol. The van der Waals surface area contributed by atoms with Gasteiger partial charge in [0.1, 0.15) is 5.69 Å². The Morgan fingerprint density at radius 1 is 1.13 bits per heavy atom. The summed E-state index contributed by atoms with van der Waals surface area (Å²) in [5.74, 6) is -0.140. The van der Waals surface area contributed by atoms with E-state index in [1.807, 2.05) is 0 Å². The quantitative estimate of drug-likeness (QED) is 0.906. The number of carbonyl (C=O) groups is 1. The van der Waals surface area contributed by atoms with Crippen molar-refractivity contribution < 1.29 is 18.0 Å². The number of amides is 1. The van der Waals surface area contributed by atoms with E-state index in [9.17, 15) is 18.0 Å². The van der Waals surface area contributed by atoms with Gasteiger partial charge in [-0.15, -0.1) is 0 Å². The number of carbonyl (C=O) groups excluding carboxylic acids is 1. The minimum atomic E-state index is -4.40. The molecule has 1 aromatic carbocycles. The van der Waals surface area contributed by atoms with Crippen molar-refractivity contribution in [3.05, 3.63) is 47.8 Å². The van der Waals surface area contributed by atoms with Crippen LogP contribution in [0.2, 0.25) is 0 Å². The van der Waals surface area contributed by atoms with Crippen LogP contribution in [0.5, 0.6) is 0 Å². The summed E-state index contributed by atoms with van der Waals surface area (Å²) in [4.78, 5) is 20.2. The third-order valence-corrected chi connectivity index (χ3v) is 3.27. The molecule has 1 aliphatic carbocycles. The van der Waals surface area contributed by atoms with Gasteiger partial charge >= 0.3 is 6.18 Å². The molecule has 1 heterocycles. The maximum Gasteiger partial charge on any atom is 0.416 e. The Labute approximate surface area is 130 Å². The molecule has 23 heavy (non-hydrogen) atoms. The number of alkyl halides is 3. The second kappa shape index (κ2) is 5.86. The average molecular weight is 322 g/mol. The lowest BCUT2D eigenvalue weighted by Crippen LogP contribution is -2.16. The summed E-state index contributed by atoms with van der Waals surface area (Å²) < 4.78 is 37.5. The van der Waals surface area contributed by atoms with E-state index < -0.39 is 17.6 Å². The predicted octanol–water partition coefficient (Wildman–Crippen LogP) is 3.32. The van der Waals surface area contributed by atoms with Crippen LogP contribution in [0.15, 0.2) is 36.5 Å². The summed E-state index contributed by atoms with van der Waals surface area (Å²) in [6, 6.07) is 6.02. The molecule has 0 aliphatic heterocycles. The molecule has 1 aromatic heterocycles. The standard InChI is InChI=1S/C15H13F3N4O/c16-15(17,18)9-1-3-10(4-2-9)20-13(23)12-7-8-19-14(22-12)21-11-5-6-11/h1-4,7-8,11H,5-6H2,(H,20,23)(H,19,21,22). The molecule has 0 atom stereocenters. The minimum absolute atomic E-state index is 0.142. The molecule has 2 N–H and O–H groups in total. The summed E-state index contributed by atoms with van der Waals surface area (Å²) in [6.07, 6.45) is -0.853. The van der Waals surface area contributed by atoms with E-state index in [-0.39, 0.29) is 11.4 Å². The Hall–Kier alpha value is -2.64. The largest absolute Gasteiger partial charge is 0.416 e. The van der Waals surface area contributed by atoms with Gasteiger partial charge in [-0.3, -0.25) is 4.79 Å². The van der Waals surface area contributed by atoms with Crippen molar-refractivity contribution in [2.45, 2.75) is 25.1 Å². The van der Waals surface area contributed by atoms with Crippen molar-refractivity contribution in [3.8, 4) is 0 Å². The molecular weight excluding hydrogens is 309 g/mol. The first-order valence-corrected chi connectivity index (χ1v) is 7.00. The van der Waals surface area contributed by atoms with Gasteiger partial charge in [0.05, 0.1) is 5.56 Å². The normalized spacial score (nSPS) is 14.4. The summed E-state index contributed by atoms with van der Waals surface area (Å²) in [7, 11) is 0. The molecule has 0 radical (unpaired) electrons. The van der Waals surface area contributed by atoms with Crippen molar-refractivity contribution in [2.75, 3.05) is 10.6 Å². The third kappa shape index (κ3) is 3.97. The van der Waals surface area contributed by atoms with Gasteiger partial charge in [-0.2, -0.15) is 13.2 Å². The molecular formula is C15H13F3N4O. The molecule has 1 saturated carbocycles. The van der Waals surface area contributed by atoms with E-state index in [4.69, 9.17) is 0 Å². The van der Waals surface area contributed by atoms with Gasteiger partial charge in [0.15, 0.2) is 0 Å². The Balaban J connectivity index is 1.68. The van der Waals surface area contributed by atoms with Crippen LogP contribution in [0.1, 0.15) is 28.9 Å². The first-order valence-electron chi connectivity index (χ1n) is 7.00. The zero-order valence-corrected chi connectivity index (χ0v) is 11.9. The maximum atomic E-state index is 12.5. The Kier molecular flexibility index (Phi) is 3.89. The van der Waals surface area contributed by atoms with Crippen LogP contribution in [0.25, 0.3) is 0 Å². The Morgan fingerprint density at radius 3 is 2.43 bits per heavy atom. The number of nitrogens with one attached hydrogen (secondary N) is 2. The highest BCUT2D eigenvalue weighted by molar-refractivity contribution is 6.02. The lowest BCUT2D eigenvalue weighted by molar-refractivity contribution is -0.137. The highest BCUT2D eigenvalue weighted by Crippen LogP contribution is 2.29. The number of rotatable bonds is 4. The molecule has 120 valence electrons. The van der Waals surface area contributed by atoms with Gasteiger partial charge in [0, 0.05) is 17.9 Å². The molecule has 0 bridgehead atoms. The van der Waals surface area contributed by atoms with Crippen LogP contribution >= 0.6 is 0 Å². The topological polar surface area (TPSA) is 66.9 Å². The molecule has 5 nitrogen and oxygen atoms in total. The number of hydrogen-bond acceptors (Lipinski definition) is 4. The lowest BCUT2D eigenvalue weighted by Gasteiger charge is -2.09. The number of aromatic nitrogens is 2. The number of nitrogens with zero attached hydrogens (tertiary/aromatic N) is 2. The molecule has 8 heteroatoms. The average Bonchev–Trinajstić information content (AvgIpc) is 3.31. The summed E-state index contributed by atoms with van der Waals surface area (Å²) >= 11 is 0. The molecule has 2 aromatic rings. The first-order chi connectivity index (χ1) is 10.9. The summed E-state index contributed by atoms with van der Waals surface area (Å²) in [5.41, 5.74) is -0.366. The molecule has 1 aliphatic rings. The van der Waals surface area contributed by atoms with E-state index in [1.54, 1.807) is 0 Å². The Bertz CT molecular complexity index is 711. The van der Waals surface area contributed by atoms with Crippen LogP contribution in [0.3, 0.4) is 0 Å². The fourth-order valence-corrected chi connectivity index (χ4v) is 1.90. The Morgan fingerprint density at radius 2 is 1.83 bits per heavy atom. The lowest BCUT2D eigenvalue weighted by atomic mass is 10.2. The molecule has 1 fully saturated rings. The third-order valence-electron chi connectivity index (χ3n) is 3.27. The molecule has 0 unspecified atom stereocenters. The van der Waals surface area contributed by atoms with Crippen LogP contribution in [-0.4, -0.2) is 21.9 Å². The SMILES string of the molecule is O=C(Nc1ccc(C(F)(F)F)cc1)c1ccnc(NC2CC2)n1. The van der Waals surface area contributed by atoms with E-state index >= 15 is 0 Å². The van der Waals surface area contributed by atoms with Gasteiger partial charge < -0.3 is 10.6 Å². The number of halogens is 3. The zero-order chi connectivity index (χ0) is 16.4. The van der Waals surface area contributed by atoms with Crippen LogP contribution in [0, 0.1) is 0 Å². The van der Waals surface area contributed by atoms with Gasteiger partial charge in [-0.25, -0.2) is 9.97 Å². The smallest absolute Gasteiger partial charge is 0.351 e. The summed E-state index contributed by atoms with van der Waals surface area (Å²) in [6.45, 7) is 0. The van der Waals surface area contributed by atoms with Crippen LogP contribution in [0.4, 0.5) is 24.8 Å². The van der Waals surface area contributed by atoms with Gasteiger partial charge in [-0.1, -0.05) is 0 Å². The zero-order valence-electron chi connectivity index (χ0n) is 11.9. The fraction of sp³-hybridized carbons (Fsp3) is 0.267. The second-order valence-electron chi connectivity index (χ2n) is 5.21. The molecule has 3 rings (SSSR count). The molecule has 0 spiro atoms. The minimum Gasteiger partial charge on any atom is -0.351 e. The number of anilines is 2. The number of benzene rings is 1. The van der Waals surface area contributed by atoms with Crippen molar-refractivity contribution in [3.63, 3.8) is 0 Å². The molecule has 1 amide bonds. The number of hydrogen-bond donors (Lipinski definition) is 2. The van der Waals surface area contributed by atoms with Gasteiger partial charge in [0.2, 0.25) is 5.95 Å². The van der Waals surface area contributed by atoms with E-state index in [2.05, 4.69) is 20.6 Å². The maximum absolute atomic E-state index is 12.5. The van der Waals surface area contributed by atoms with Crippen molar-refractivity contribution in [2.24, 2.45) is 0 Å². The van der Waals surface area contributed by atoms with E-state index in [1.165, 1.54) is 24.4 Å².